The summed E-state index contributed by atoms with van der Waals surface area (Å²) in [6.45, 7) is 2.90. The molecule has 1 heterocycles. The lowest BCUT2D eigenvalue weighted by molar-refractivity contribution is 0.480. The standard InChI is InChI=1S/C15H16N4/c1-11-6-7-15-14(8-11)17-18-19(15)10-13-5-3-2-4-12(13)9-16/h2-5,11H,6-8,10H2,1H3. The molecule has 4 nitrogen and oxygen atoms in total. The van der Waals surface area contributed by atoms with E-state index in [2.05, 4.69) is 23.3 Å². The van der Waals surface area contributed by atoms with E-state index in [9.17, 15) is 0 Å². The minimum absolute atomic E-state index is 0.639. The lowest BCUT2D eigenvalue weighted by Gasteiger charge is -2.17. The summed E-state index contributed by atoms with van der Waals surface area (Å²) in [4.78, 5) is 0. The zero-order valence-electron chi connectivity index (χ0n) is 11.0. The highest BCUT2D eigenvalue weighted by molar-refractivity contribution is 5.37. The molecule has 19 heavy (non-hydrogen) atoms. The number of rotatable bonds is 2. The van der Waals surface area contributed by atoms with Crippen molar-refractivity contribution in [1.29, 1.82) is 5.26 Å². The molecule has 1 aliphatic rings. The molecule has 1 aliphatic carbocycles. The Labute approximate surface area is 112 Å². The Morgan fingerprint density at radius 1 is 1.42 bits per heavy atom. The molecule has 1 aromatic carbocycles. The first kappa shape index (κ1) is 11.9. The van der Waals surface area contributed by atoms with Crippen LogP contribution in [-0.2, 0) is 19.4 Å². The van der Waals surface area contributed by atoms with Crippen LogP contribution in [0.4, 0.5) is 0 Å². The van der Waals surface area contributed by atoms with Crippen molar-refractivity contribution >= 4 is 0 Å². The van der Waals surface area contributed by atoms with Crippen molar-refractivity contribution in [2.45, 2.75) is 32.7 Å². The normalized spacial score (nSPS) is 17.8. The lowest BCUT2D eigenvalue weighted by Crippen LogP contribution is -2.15. The summed E-state index contributed by atoms with van der Waals surface area (Å²) in [7, 11) is 0. The molecule has 3 rings (SSSR count). The van der Waals surface area contributed by atoms with Crippen LogP contribution in [0.25, 0.3) is 0 Å². The molecule has 1 unspecified atom stereocenters. The van der Waals surface area contributed by atoms with Gasteiger partial charge in [-0.2, -0.15) is 5.26 Å². The van der Waals surface area contributed by atoms with Gasteiger partial charge in [0.05, 0.1) is 29.6 Å². The highest BCUT2D eigenvalue weighted by atomic mass is 15.4. The van der Waals surface area contributed by atoms with Gasteiger partial charge in [-0.25, -0.2) is 4.68 Å². The minimum atomic E-state index is 0.639. The maximum atomic E-state index is 9.12. The number of benzene rings is 1. The monoisotopic (exact) mass is 252 g/mol. The summed E-state index contributed by atoms with van der Waals surface area (Å²) >= 11 is 0. The van der Waals surface area contributed by atoms with Gasteiger partial charge in [-0.3, -0.25) is 0 Å². The number of nitriles is 1. The summed E-state index contributed by atoms with van der Waals surface area (Å²) in [5.74, 6) is 0.698. The van der Waals surface area contributed by atoms with Crippen molar-refractivity contribution in [3.8, 4) is 6.07 Å². The Kier molecular flexibility index (Phi) is 3.04. The average Bonchev–Trinajstić information content (AvgIpc) is 2.82. The van der Waals surface area contributed by atoms with Crippen molar-refractivity contribution in [3.05, 3.63) is 46.8 Å². The van der Waals surface area contributed by atoms with Gasteiger partial charge in [0.2, 0.25) is 0 Å². The van der Waals surface area contributed by atoms with E-state index >= 15 is 0 Å². The third-order valence-electron chi connectivity index (χ3n) is 3.79. The molecule has 0 bridgehead atoms. The number of aromatic nitrogens is 3. The fourth-order valence-electron chi connectivity index (χ4n) is 2.67. The Morgan fingerprint density at radius 2 is 2.26 bits per heavy atom. The van der Waals surface area contributed by atoms with E-state index in [0.717, 1.165) is 29.7 Å². The maximum absolute atomic E-state index is 9.12. The summed E-state index contributed by atoms with van der Waals surface area (Å²) in [5.41, 5.74) is 4.10. The molecule has 0 radical (unpaired) electrons. The minimum Gasteiger partial charge on any atom is -0.245 e. The smallest absolute Gasteiger partial charge is 0.0995 e. The summed E-state index contributed by atoms with van der Waals surface area (Å²) in [6.07, 6.45) is 3.26. The van der Waals surface area contributed by atoms with E-state index in [1.165, 1.54) is 12.1 Å². The first-order valence-corrected chi connectivity index (χ1v) is 6.67. The van der Waals surface area contributed by atoms with Crippen LogP contribution in [0.15, 0.2) is 24.3 Å². The molecule has 0 fully saturated rings. The topological polar surface area (TPSA) is 54.5 Å². The molecular weight excluding hydrogens is 236 g/mol. The first-order valence-electron chi connectivity index (χ1n) is 6.67. The van der Waals surface area contributed by atoms with Crippen LogP contribution in [0.5, 0.6) is 0 Å². The SMILES string of the molecule is CC1CCc2c(nnn2Cc2ccccc2C#N)C1. The maximum Gasteiger partial charge on any atom is 0.0995 e. The number of fused-ring (bicyclic) bond motifs is 1. The molecule has 4 heteroatoms. The molecular formula is C15H16N4. The predicted octanol–water partition coefficient (Wildman–Crippen LogP) is 2.32. The predicted molar refractivity (Wildman–Crippen MR) is 71.5 cm³/mol. The zero-order chi connectivity index (χ0) is 13.2. The van der Waals surface area contributed by atoms with Crippen LogP contribution >= 0.6 is 0 Å². The van der Waals surface area contributed by atoms with E-state index in [0.29, 0.717) is 12.5 Å². The zero-order valence-corrected chi connectivity index (χ0v) is 11.0. The van der Waals surface area contributed by atoms with Crippen molar-refractivity contribution in [3.63, 3.8) is 0 Å². The van der Waals surface area contributed by atoms with Crippen molar-refractivity contribution in [2.24, 2.45) is 5.92 Å². The second-order valence-electron chi connectivity index (χ2n) is 5.26. The van der Waals surface area contributed by atoms with Gasteiger partial charge in [0, 0.05) is 0 Å². The van der Waals surface area contributed by atoms with Gasteiger partial charge in [0.15, 0.2) is 0 Å². The third kappa shape index (κ3) is 2.24. The number of hydrogen-bond acceptors (Lipinski definition) is 3. The highest BCUT2D eigenvalue weighted by Gasteiger charge is 2.21. The van der Waals surface area contributed by atoms with Crippen molar-refractivity contribution in [2.75, 3.05) is 0 Å². The highest BCUT2D eigenvalue weighted by Crippen LogP contribution is 2.24. The van der Waals surface area contributed by atoms with E-state index in [1.807, 2.05) is 28.9 Å². The number of nitrogens with zero attached hydrogens (tertiary/aromatic N) is 4. The van der Waals surface area contributed by atoms with E-state index in [-0.39, 0.29) is 0 Å². The van der Waals surface area contributed by atoms with Crippen molar-refractivity contribution < 1.29 is 0 Å². The van der Waals surface area contributed by atoms with Crippen LogP contribution in [0.1, 0.15) is 35.9 Å². The van der Waals surface area contributed by atoms with E-state index in [1.54, 1.807) is 0 Å². The van der Waals surface area contributed by atoms with Crippen LogP contribution in [0.3, 0.4) is 0 Å². The lowest BCUT2D eigenvalue weighted by atomic mass is 9.91. The van der Waals surface area contributed by atoms with E-state index in [4.69, 9.17) is 5.26 Å². The van der Waals surface area contributed by atoms with Gasteiger partial charge in [-0.1, -0.05) is 30.3 Å². The fourth-order valence-corrected chi connectivity index (χ4v) is 2.67. The summed E-state index contributed by atoms with van der Waals surface area (Å²) in [5, 5.41) is 17.7. The Balaban J connectivity index is 1.91. The van der Waals surface area contributed by atoms with Gasteiger partial charge >= 0.3 is 0 Å². The van der Waals surface area contributed by atoms with Gasteiger partial charge in [-0.05, 0) is 36.8 Å². The molecule has 1 aromatic heterocycles. The van der Waals surface area contributed by atoms with Crippen LogP contribution in [0, 0.1) is 17.2 Å². The molecule has 0 saturated heterocycles. The van der Waals surface area contributed by atoms with Crippen LogP contribution < -0.4 is 0 Å². The van der Waals surface area contributed by atoms with E-state index < -0.39 is 0 Å². The van der Waals surface area contributed by atoms with Gasteiger partial charge in [-0.15, -0.1) is 5.10 Å². The van der Waals surface area contributed by atoms with Gasteiger partial charge in [0.1, 0.15) is 0 Å². The Morgan fingerprint density at radius 3 is 3.11 bits per heavy atom. The molecule has 0 aliphatic heterocycles. The molecule has 1 atom stereocenters. The largest absolute Gasteiger partial charge is 0.245 e. The molecule has 96 valence electrons. The molecule has 0 spiro atoms. The van der Waals surface area contributed by atoms with Gasteiger partial charge < -0.3 is 0 Å². The second-order valence-corrected chi connectivity index (χ2v) is 5.26. The van der Waals surface area contributed by atoms with Crippen molar-refractivity contribution in [1.82, 2.24) is 15.0 Å². The fraction of sp³-hybridized carbons (Fsp3) is 0.400. The summed E-state index contributed by atoms with van der Waals surface area (Å²) < 4.78 is 1.96. The quantitative estimate of drug-likeness (QED) is 0.824. The van der Waals surface area contributed by atoms with Crippen LogP contribution in [-0.4, -0.2) is 15.0 Å². The Hall–Kier alpha value is -2.15. The van der Waals surface area contributed by atoms with Gasteiger partial charge in [0.25, 0.3) is 0 Å². The molecule has 0 amide bonds. The third-order valence-corrected chi connectivity index (χ3v) is 3.79. The molecule has 0 saturated carbocycles. The average molecular weight is 252 g/mol. The van der Waals surface area contributed by atoms with Crippen LogP contribution in [0.2, 0.25) is 0 Å². The molecule has 0 N–H and O–H groups in total. The molecule has 2 aromatic rings. The second kappa shape index (κ2) is 4.85. The Bertz CT molecular complexity index is 636. The first-order chi connectivity index (χ1) is 9.28. The summed E-state index contributed by atoms with van der Waals surface area (Å²) in [6, 6.07) is 9.92. The number of hydrogen-bond donors (Lipinski definition) is 0.